The van der Waals surface area contributed by atoms with Gasteiger partial charge in [0.1, 0.15) is 11.5 Å². The van der Waals surface area contributed by atoms with Crippen LogP contribution in [0, 0.1) is 11.8 Å². The van der Waals surface area contributed by atoms with Gasteiger partial charge in [0.25, 0.3) is 5.91 Å². The summed E-state index contributed by atoms with van der Waals surface area (Å²) in [6, 6.07) is 2.05. The van der Waals surface area contributed by atoms with E-state index in [0.717, 1.165) is 6.42 Å². The van der Waals surface area contributed by atoms with E-state index in [1.165, 1.54) is 11.3 Å². The van der Waals surface area contributed by atoms with Gasteiger partial charge in [0.15, 0.2) is 0 Å². The van der Waals surface area contributed by atoms with Crippen LogP contribution in [0.3, 0.4) is 0 Å². The molecule has 1 atom stereocenters. The lowest BCUT2D eigenvalue weighted by atomic mass is 10.2. The van der Waals surface area contributed by atoms with Crippen LogP contribution in [-0.2, 0) is 0 Å². The topological polar surface area (TPSA) is 40.5 Å². The molecule has 4 heteroatoms. The van der Waals surface area contributed by atoms with Gasteiger partial charge in [-0.05, 0) is 31.7 Å². The maximum absolute atomic E-state index is 12.4. The summed E-state index contributed by atoms with van der Waals surface area (Å²) in [6.45, 7) is 6.61. The first-order valence-corrected chi connectivity index (χ1v) is 7.01. The van der Waals surface area contributed by atoms with Crippen LogP contribution in [0.15, 0.2) is 11.4 Å². The van der Waals surface area contributed by atoms with Crippen molar-refractivity contribution in [3.05, 3.63) is 21.9 Å². The Bertz CT molecular complexity index is 456. The van der Waals surface area contributed by atoms with Gasteiger partial charge in [0.05, 0.1) is 0 Å². The van der Waals surface area contributed by atoms with Crippen molar-refractivity contribution in [2.24, 2.45) is 0 Å². The van der Waals surface area contributed by atoms with E-state index in [0.29, 0.717) is 17.0 Å². The standard InChI is InChI=1S/C14H19NO2S/c1-4-11(3)15(5-2)14(17)13-12(7-6-9-16)8-10-18-13/h8,10-11,16H,4-5,9H2,1-3H3. The molecular formula is C14H19NO2S. The molecule has 0 aliphatic carbocycles. The summed E-state index contributed by atoms with van der Waals surface area (Å²) < 4.78 is 0. The third-order valence-electron chi connectivity index (χ3n) is 2.89. The molecule has 1 unspecified atom stereocenters. The highest BCUT2D eigenvalue weighted by atomic mass is 32.1. The molecule has 1 N–H and O–H groups in total. The second kappa shape index (κ2) is 7.20. The molecule has 3 nitrogen and oxygen atoms in total. The zero-order valence-electron chi connectivity index (χ0n) is 11.1. The summed E-state index contributed by atoms with van der Waals surface area (Å²) in [5, 5.41) is 10.6. The molecule has 0 saturated heterocycles. The molecule has 0 fully saturated rings. The molecule has 18 heavy (non-hydrogen) atoms. The van der Waals surface area contributed by atoms with Gasteiger partial charge in [0, 0.05) is 18.2 Å². The summed E-state index contributed by atoms with van der Waals surface area (Å²) in [4.78, 5) is 14.9. The molecule has 98 valence electrons. The molecule has 1 aromatic rings. The van der Waals surface area contributed by atoms with Gasteiger partial charge < -0.3 is 10.0 Å². The Balaban J connectivity index is 2.99. The molecule has 1 heterocycles. The molecule has 1 amide bonds. The minimum absolute atomic E-state index is 0.0316. The van der Waals surface area contributed by atoms with E-state index < -0.39 is 0 Å². The van der Waals surface area contributed by atoms with E-state index in [9.17, 15) is 4.79 Å². The molecule has 0 saturated carbocycles. The number of nitrogens with zero attached hydrogens (tertiary/aromatic N) is 1. The smallest absolute Gasteiger partial charge is 0.265 e. The van der Waals surface area contributed by atoms with E-state index in [2.05, 4.69) is 18.8 Å². The number of rotatable bonds is 4. The van der Waals surface area contributed by atoms with Gasteiger partial charge >= 0.3 is 0 Å². The van der Waals surface area contributed by atoms with Crippen LogP contribution >= 0.6 is 11.3 Å². The molecule has 0 bridgehead atoms. The van der Waals surface area contributed by atoms with E-state index in [1.807, 2.05) is 30.2 Å². The van der Waals surface area contributed by atoms with Crippen molar-refractivity contribution in [2.75, 3.05) is 13.2 Å². The van der Waals surface area contributed by atoms with Crippen molar-refractivity contribution in [3.63, 3.8) is 0 Å². The fourth-order valence-corrected chi connectivity index (χ4v) is 2.52. The van der Waals surface area contributed by atoms with Crippen molar-refractivity contribution in [1.29, 1.82) is 0 Å². The van der Waals surface area contributed by atoms with Crippen LogP contribution in [0.4, 0.5) is 0 Å². The number of thiophene rings is 1. The average molecular weight is 265 g/mol. The number of carbonyl (C=O) groups is 1. The van der Waals surface area contributed by atoms with Crippen LogP contribution in [0.5, 0.6) is 0 Å². The fourth-order valence-electron chi connectivity index (χ4n) is 1.71. The van der Waals surface area contributed by atoms with Gasteiger partial charge in [-0.3, -0.25) is 4.79 Å². The Hall–Kier alpha value is -1.31. The van der Waals surface area contributed by atoms with Crippen molar-refractivity contribution in [1.82, 2.24) is 4.90 Å². The van der Waals surface area contributed by atoms with E-state index in [-0.39, 0.29) is 18.6 Å². The van der Waals surface area contributed by atoms with E-state index >= 15 is 0 Å². The minimum Gasteiger partial charge on any atom is -0.384 e. The maximum atomic E-state index is 12.4. The first-order valence-electron chi connectivity index (χ1n) is 6.13. The van der Waals surface area contributed by atoms with Crippen molar-refractivity contribution < 1.29 is 9.90 Å². The van der Waals surface area contributed by atoms with Gasteiger partial charge in [-0.25, -0.2) is 0 Å². The molecule has 0 aliphatic rings. The highest BCUT2D eigenvalue weighted by Crippen LogP contribution is 2.20. The van der Waals surface area contributed by atoms with Gasteiger partial charge in [-0.15, -0.1) is 11.3 Å². The minimum atomic E-state index is -0.188. The third-order valence-corrected chi connectivity index (χ3v) is 3.79. The number of hydrogen-bond acceptors (Lipinski definition) is 3. The van der Waals surface area contributed by atoms with Crippen molar-refractivity contribution >= 4 is 17.2 Å². The molecule has 0 radical (unpaired) electrons. The summed E-state index contributed by atoms with van der Waals surface area (Å²) in [6.07, 6.45) is 0.933. The molecule has 0 aliphatic heterocycles. The first kappa shape index (κ1) is 14.7. The molecule has 1 rings (SSSR count). The Morgan fingerprint density at radius 3 is 2.83 bits per heavy atom. The van der Waals surface area contributed by atoms with Gasteiger partial charge in [-0.1, -0.05) is 18.8 Å². The maximum Gasteiger partial charge on any atom is 0.265 e. The zero-order valence-corrected chi connectivity index (χ0v) is 11.9. The summed E-state index contributed by atoms with van der Waals surface area (Å²) in [5.74, 6) is 5.44. The Labute approximate surface area is 112 Å². The largest absolute Gasteiger partial charge is 0.384 e. The number of hydrogen-bond donors (Lipinski definition) is 1. The first-order chi connectivity index (χ1) is 8.65. The lowest BCUT2D eigenvalue weighted by molar-refractivity contribution is 0.0704. The highest BCUT2D eigenvalue weighted by Gasteiger charge is 2.21. The monoisotopic (exact) mass is 265 g/mol. The second-order valence-corrected chi connectivity index (χ2v) is 4.89. The number of aliphatic hydroxyl groups is 1. The average Bonchev–Trinajstić information content (AvgIpc) is 2.84. The lowest BCUT2D eigenvalue weighted by Crippen LogP contribution is -2.38. The molecular weight excluding hydrogens is 246 g/mol. The van der Waals surface area contributed by atoms with Gasteiger partial charge in [0.2, 0.25) is 0 Å². The van der Waals surface area contributed by atoms with Gasteiger partial charge in [-0.2, -0.15) is 0 Å². The normalized spacial score (nSPS) is 11.6. The summed E-state index contributed by atoms with van der Waals surface area (Å²) >= 11 is 1.40. The number of carbonyl (C=O) groups excluding carboxylic acids is 1. The van der Waals surface area contributed by atoms with Crippen molar-refractivity contribution in [3.8, 4) is 11.8 Å². The molecule has 0 aromatic carbocycles. The Morgan fingerprint density at radius 1 is 1.56 bits per heavy atom. The van der Waals surface area contributed by atoms with E-state index in [1.54, 1.807) is 0 Å². The predicted octanol–water partition coefficient (Wildman–Crippen LogP) is 2.35. The SMILES string of the molecule is CCC(C)N(CC)C(=O)c1sccc1C#CCO. The van der Waals surface area contributed by atoms with Crippen LogP contribution < -0.4 is 0 Å². The highest BCUT2D eigenvalue weighted by molar-refractivity contribution is 7.12. The summed E-state index contributed by atoms with van der Waals surface area (Å²) in [5.41, 5.74) is 0.709. The predicted molar refractivity (Wildman–Crippen MR) is 74.7 cm³/mol. The van der Waals surface area contributed by atoms with Crippen LogP contribution in [0.2, 0.25) is 0 Å². The number of aliphatic hydroxyl groups excluding tert-OH is 1. The second-order valence-electron chi connectivity index (χ2n) is 3.97. The zero-order chi connectivity index (χ0) is 13.5. The quantitative estimate of drug-likeness (QED) is 0.849. The lowest BCUT2D eigenvalue weighted by Gasteiger charge is -2.26. The Kier molecular flexibility index (Phi) is 5.90. The van der Waals surface area contributed by atoms with E-state index in [4.69, 9.17) is 5.11 Å². The number of amides is 1. The summed E-state index contributed by atoms with van der Waals surface area (Å²) in [7, 11) is 0. The molecule has 1 aromatic heterocycles. The van der Waals surface area contributed by atoms with Crippen LogP contribution in [0.25, 0.3) is 0 Å². The fraction of sp³-hybridized carbons (Fsp3) is 0.500. The van der Waals surface area contributed by atoms with Crippen LogP contribution in [-0.4, -0.2) is 35.1 Å². The van der Waals surface area contributed by atoms with Crippen molar-refractivity contribution in [2.45, 2.75) is 33.2 Å². The third kappa shape index (κ3) is 3.34. The van der Waals surface area contributed by atoms with Crippen LogP contribution in [0.1, 0.15) is 42.4 Å². The molecule has 0 spiro atoms. The Morgan fingerprint density at radius 2 is 2.28 bits per heavy atom.